The van der Waals surface area contributed by atoms with Gasteiger partial charge >= 0.3 is 0 Å². The average molecular weight is 298 g/mol. The van der Waals surface area contributed by atoms with E-state index in [9.17, 15) is 4.79 Å². The molecule has 0 saturated carbocycles. The Morgan fingerprint density at radius 2 is 2.18 bits per heavy atom. The molecule has 17 heavy (non-hydrogen) atoms. The van der Waals surface area contributed by atoms with Crippen LogP contribution in [-0.4, -0.2) is 31.0 Å². The number of piperidine rings is 1. The third kappa shape index (κ3) is 2.97. The summed E-state index contributed by atoms with van der Waals surface area (Å²) in [6.07, 6.45) is 5.46. The van der Waals surface area contributed by atoms with E-state index in [-0.39, 0.29) is 11.8 Å². The summed E-state index contributed by atoms with van der Waals surface area (Å²) in [5, 5.41) is 2.72. The molecule has 0 aliphatic carbocycles. The Balaban J connectivity index is 1.97. The normalized spacial score (nSPS) is 16.9. The van der Waals surface area contributed by atoms with Crippen molar-refractivity contribution in [2.75, 3.05) is 25.0 Å². The number of hydrogen-bond donors (Lipinski definition) is 1. The van der Waals surface area contributed by atoms with Crippen LogP contribution >= 0.6 is 15.9 Å². The van der Waals surface area contributed by atoms with E-state index in [2.05, 4.69) is 37.2 Å². The van der Waals surface area contributed by atoms with Crippen LogP contribution in [-0.2, 0) is 4.79 Å². The predicted octanol–water partition coefficient (Wildman–Crippen LogP) is 1.81. The molecule has 0 radical (unpaired) electrons. The number of aromatic nitrogens is 1. The summed E-state index contributed by atoms with van der Waals surface area (Å²) in [7, 11) is 1.70. The maximum absolute atomic E-state index is 11.5. The smallest absolute Gasteiger partial charge is 0.222 e. The number of halogens is 1. The van der Waals surface area contributed by atoms with E-state index in [0.29, 0.717) is 0 Å². The van der Waals surface area contributed by atoms with Gasteiger partial charge in [0.05, 0.1) is 11.9 Å². The molecule has 0 unspecified atom stereocenters. The number of nitrogens with one attached hydrogen (secondary N) is 1. The first-order valence-corrected chi connectivity index (χ1v) is 6.57. The summed E-state index contributed by atoms with van der Waals surface area (Å²) in [5.41, 5.74) is 1.12. The molecule has 0 aromatic carbocycles. The van der Waals surface area contributed by atoms with Gasteiger partial charge in [-0.3, -0.25) is 9.78 Å². The standard InChI is InChI=1S/C12H16BrN3O/c1-14-12(17)9-2-4-16(5-3-9)11-6-10(13)7-15-8-11/h6-9H,2-5H2,1H3,(H,14,17). The minimum Gasteiger partial charge on any atom is -0.370 e. The van der Waals surface area contributed by atoms with Crippen molar-refractivity contribution in [1.29, 1.82) is 0 Å². The summed E-state index contributed by atoms with van der Waals surface area (Å²) in [4.78, 5) is 18.0. The van der Waals surface area contributed by atoms with Crippen molar-refractivity contribution in [2.24, 2.45) is 5.92 Å². The van der Waals surface area contributed by atoms with Gasteiger partial charge in [-0.2, -0.15) is 0 Å². The van der Waals surface area contributed by atoms with E-state index >= 15 is 0 Å². The first-order chi connectivity index (χ1) is 8.20. The molecule has 4 nitrogen and oxygen atoms in total. The second-order valence-electron chi connectivity index (χ2n) is 4.24. The number of pyridine rings is 1. The lowest BCUT2D eigenvalue weighted by molar-refractivity contribution is -0.125. The van der Waals surface area contributed by atoms with Gasteiger partial charge in [-0.1, -0.05) is 0 Å². The van der Waals surface area contributed by atoms with Crippen LogP contribution in [0.1, 0.15) is 12.8 Å². The largest absolute Gasteiger partial charge is 0.370 e. The molecular formula is C12H16BrN3O. The third-order valence-corrected chi connectivity index (χ3v) is 3.60. The summed E-state index contributed by atoms with van der Waals surface area (Å²) >= 11 is 3.42. The number of carbonyl (C=O) groups is 1. The number of anilines is 1. The van der Waals surface area contributed by atoms with Gasteiger partial charge in [0.25, 0.3) is 0 Å². The first kappa shape index (κ1) is 12.4. The zero-order valence-corrected chi connectivity index (χ0v) is 11.4. The lowest BCUT2D eigenvalue weighted by Gasteiger charge is -2.32. The van der Waals surface area contributed by atoms with Crippen LogP contribution < -0.4 is 10.2 Å². The van der Waals surface area contributed by atoms with Crippen LogP contribution in [0.4, 0.5) is 5.69 Å². The van der Waals surface area contributed by atoms with Gasteiger partial charge in [-0.05, 0) is 34.8 Å². The Labute approximate surface area is 110 Å². The zero-order chi connectivity index (χ0) is 12.3. The van der Waals surface area contributed by atoms with Crippen LogP contribution in [0.15, 0.2) is 22.9 Å². The zero-order valence-electron chi connectivity index (χ0n) is 9.82. The third-order valence-electron chi connectivity index (χ3n) is 3.17. The molecule has 1 aromatic heterocycles. The van der Waals surface area contributed by atoms with Gasteiger partial charge in [-0.25, -0.2) is 0 Å². The maximum Gasteiger partial charge on any atom is 0.222 e. The minimum absolute atomic E-state index is 0.163. The molecule has 1 aliphatic rings. The van der Waals surface area contributed by atoms with Crippen molar-refractivity contribution in [3.63, 3.8) is 0 Å². The molecule has 2 rings (SSSR count). The maximum atomic E-state index is 11.5. The molecule has 0 spiro atoms. The van der Waals surface area contributed by atoms with E-state index in [1.165, 1.54) is 0 Å². The number of carbonyl (C=O) groups excluding carboxylic acids is 1. The van der Waals surface area contributed by atoms with Gasteiger partial charge in [0.2, 0.25) is 5.91 Å². The highest BCUT2D eigenvalue weighted by atomic mass is 79.9. The molecule has 1 saturated heterocycles. The lowest BCUT2D eigenvalue weighted by atomic mass is 9.96. The van der Waals surface area contributed by atoms with Crippen LogP contribution in [0.3, 0.4) is 0 Å². The predicted molar refractivity (Wildman–Crippen MR) is 70.9 cm³/mol. The fourth-order valence-electron chi connectivity index (χ4n) is 2.18. The molecule has 1 aliphatic heterocycles. The summed E-state index contributed by atoms with van der Waals surface area (Å²) in [5.74, 6) is 0.327. The van der Waals surface area contributed by atoms with E-state index in [0.717, 1.165) is 36.1 Å². The Morgan fingerprint density at radius 3 is 2.76 bits per heavy atom. The van der Waals surface area contributed by atoms with Crippen LogP contribution in [0.5, 0.6) is 0 Å². The molecular weight excluding hydrogens is 282 g/mol. The van der Waals surface area contributed by atoms with Gasteiger partial charge in [-0.15, -0.1) is 0 Å². The number of amides is 1. The summed E-state index contributed by atoms with van der Waals surface area (Å²) in [6.45, 7) is 1.83. The van der Waals surface area contributed by atoms with Crippen molar-refractivity contribution in [3.8, 4) is 0 Å². The van der Waals surface area contributed by atoms with Crippen molar-refractivity contribution in [1.82, 2.24) is 10.3 Å². The van der Waals surface area contributed by atoms with Crippen LogP contribution in [0, 0.1) is 5.92 Å². The summed E-state index contributed by atoms with van der Waals surface area (Å²) < 4.78 is 0.989. The van der Waals surface area contributed by atoms with E-state index in [1.54, 1.807) is 13.2 Å². The van der Waals surface area contributed by atoms with Crippen molar-refractivity contribution >= 4 is 27.5 Å². The Bertz CT molecular complexity index is 402. The monoisotopic (exact) mass is 297 g/mol. The van der Waals surface area contributed by atoms with Gasteiger partial charge in [0, 0.05) is 36.7 Å². The number of nitrogens with zero attached hydrogens (tertiary/aromatic N) is 2. The molecule has 1 N–H and O–H groups in total. The summed E-state index contributed by atoms with van der Waals surface area (Å²) in [6, 6.07) is 2.06. The minimum atomic E-state index is 0.163. The molecule has 1 amide bonds. The van der Waals surface area contributed by atoms with E-state index in [1.807, 2.05) is 6.20 Å². The first-order valence-electron chi connectivity index (χ1n) is 5.78. The average Bonchev–Trinajstić information content (AvgIpc) is 2.38. The SMILES string of the molecule is CNC(=O)C1CCN(c2cncc(Br)c2)CC1. The fourth-order valence-corrected chi connectivity index (χ4v) is 2.53. The fraction of sp³-hybridized carbons (Fsp3) is 0.500. The second kappa shape index (κ2) is 5.49. The highest BCUT2D eigenvalue weighted by Gasteiger charge is 2.24. The van der Waals surface area contributed by atoms with Gasteiger partial charge in [0.15, 0.2) is 0 Å². The molecule has 1 aromatic rings. The van der Waals surface area contributed by atoms with Crippen molar-refractivity contribution < 1.29 is 4.79 Å². The molecule has 0 bridgehead atoms. The highest BCUT2D eigenvalue weighted by molar-refractivity contribution is 9.10. The Kier molecular flexibility index (Phi) is 3.99. The van der Waals surface area contributed by atoms with Crippen LogP contribution in [0.25, 0.3) is 0 Å². The topological polar surface area (TPSA) is 45.2 Å². The van der Waals surface area contributed by atoms with Crippen LogP contribution in [0.2, 0.25) is 0 Å². The Hall–Kier alpha value is -1.10. The highest BCUT2D eigenvalue weighted by Crippen LogP contribution is 2.24. The molecule has 1 fully saturated rings. The lowest BCUT2D eigenvalue weighted by Crippen LogP contribution is -2.39. The van der Waals surface area contributed by atoms with Gasteiger partial charge < -0.3 is 10.2 Å². The van der Waals surface area contributed by atoms with E-state index in [4.69, 9.17) is 0 Å². The van der Waals surface area contributed by atoms with Gasteiger partial charge in [0.1, 0.15) is 0 Å². The quantitative estimate of drug-likeness (QED) is 0.905. The van der Waals surface area contributed by atoms with Crippen molar-refractivity contribution in [3.05, 3.63) is 22.9 Å². The number of rotatable bonds is 2. The molecule has 0 atom stereocenters. The number of hydrogen-bond acceptors (Lipinski definition) is 3. The Morgan fingerprint density at radius 1 is 1.47 bits per heavy atom. The molecule has 92 valence electrons. The molecule has 5 heteroatoms. The van der Waals surface area contributed by atoms with Crippen molar-refractivity contribution in [2.45, 2.75) is 12.8 Å². The molecule has 2 heterocycles. The van der Waals surface area contributed by atoms with E-state index < -0.39 is 0 Å². The second-order valence-corrected chi connectivity index (χ2v) is 5.15.